The van der Waals surface area contributed by atoms with Crippen LogP contribution in [-0.2, 0) is 6.18 Å². The molecule has 0 bridgehead atoms. The lowest BCUT2D eigenvalue weighted by atomic mass is 9.81. The third-order valence-electron chi connectivity index (χ3n) is 4.58. The molecule has 2 heterocycles. The van der Waals surface area contributed by atoms with E-state index in [0.29, 0.717) is 16.8 Å². The van der Waals surface area contributed by atoms with Gasteiger partial charge in [0.25, 0.3) is 0 Å². The van der Waals surface area contributed by atoms with Gasteiger partial charge in [-0.05, 0) is 17.2 Å². The van der Waals surface area contributed by atoms with E-state index >= 15 is 0 Å². The van der Waals surface area contributed by atoms with E-state index in [1.165, 1.54) is 18.2 Å². The minimum atomic E-state index is -4.60. The Morgan fingerprint density at radius 2 is 1.75 bits per heavy atom. The van der Waals surface area contributed by atoms with Crippen LogP contribution >= 0.6 is 0 Å². The van der Waals surface area contributed by atoms with Gasteiger partial charge in [0.2, 0.25) is 11.8 Å². The second-order valence-electron chi connectivity index (χ2n) is 6.19. The van der Waals surface area contributed by atoms with E-state index in [-0.39, 0.29) is 22.9 Å². The second-order valence-corrected chi connectivity index (χ2v) is 6.19. The summed E-state index contributed by atoms with van der Waals surface area (Å²) in [6.45, 7) is 0. The number of H-pyrrole nitrogens is 1. The minimum absolute atomic E-state index is 0.0531. The molecule has 3 aromatic rings. The number of ether oxygens (including phenoxy) is 1. The fraction of sp³-hybridized carbons (Fsp3) is 0.100. The van der Waals surface area contributed by atoms with Crippen molar-refractivity contribution in [1.82, 2.24) is 10.2 Å². The van der Waals surface area contributed by atoms with Crippen LogP contribution in [0.25, 0.3) is 11.3 Å². The van der Waals surface area contributed by atoms with E-state index in [4.69, 9.17) is 10.5 Å². The van der Waals surface area contributed by atoms with E-state index in [2.05, 4.69) is 10.2 Å². The summed E-state index contributed by atoms with van der Waals surface area (Å²) in [6.07, 6.45) is -4.60. The minimum Gasteiger partial charge on any atom is -0.420 e. The van der Waals surface area contributed by atoms with Gasteiger partial charge >= 0.3 is 6.18 Å². The smallest absolute Gasteiger partial charge is 0.416 e. The van der Waals surface area contributed by atoms with Crippen molar-refractivity contribution in [2.75, 3.05) is 0 Å². The standard InChI is InChI=1S/C20H13F3N4O/c21-20(22,23)14-9-5-4-8-12(14)15-13(10-24)18(25)28-19-16(15)17(26-27-19)11-6-2-1-3-7-11/h1-9,15H,25H2,(H,26,27)/t15-/m0/s1. The summed E-state index contributed by atoms with van der Waals surface area (Å²) in [6, 6.07) is 16.0. The van der Waals surface area contributed by atoms with Crippen LogP contribution in [0.2, 0.25) is 0 Å². The molecule has 1 aliphatic heterocycles. The predicted octanol–water partition coefficient (Wildman–Crippen LogP) is 4.31. The van der Waals surface area contributed by atoms with Crippen LogP contribution < -0.4 is 10.5 Å². The lowest BCUT2D eigenvalue weighted by molar-refractivity contribution is -0.138. The first kappa shape index (κ1) is 17.7. The van der Waals surface area contributed by atoms with Crippen molar-refractivity contribution in [3.8, 4) is 23.2 Å². The Balaban J connectivity index is 2.01. The van der Waals surface area contributed by atoms with E-state index in [9.17, 15) is 18.4 Å². The highest BCUT2D eigenvalue weighted by Crippen LogP contribution is 2.48. The Bertz CT molecular complexity index is 1110. The van der Waals surface area contributed by atoms with Crippen molar-refractivity contribution in [3.63, 3.8) is 0 Å². The van der Waals surface area contributed by atoms with Crippen LogP contribution in [0.15, 0.2) is 66.1 Å². The molecule has 5 nitrogen and oxygen atoms in total. The van der Waals surface area contributed by atoms with Crippen molar-refractivity contribution in [2.45, 2.75) is 12.1 Å². The van der Waals surface area contributed by atoms with Crippen molar-refractivity contribution < 1.29 is 17.9 Å². The maximum absolute atomic E-state index is 13.7. The quantitative estimate of drug-likeness (QED) is 0.691. The molecule has 1 aliphatic rings. The van der Waals surface area contributed by atoms with Gasteiger partial charge < -0.3 is 10.5 Å². The Morgan fingerprint density at radius 3 is 2.43 bits per heavy atom. The summed E-state index contributed by atoms with van der Waals surface area (Å²) in [5.74, 6) is -1.28. The number of alkyl halides is 3. The molecule has 0 spiro atoms. The highest BCUT2D eigenvalue weighted by molar-refractivity contribution is 5.71. The van der Waals surface area contributed by atoms with Gasteiger partial charge in [0.1, 0.15) is 11.6 Å². The SMILES string of the molecule is N#CC1=C(N)Oc2n[nH]c(-c3ccccc3)c2[C@H]1c1ccccc1C(F)(F)F. The van der Waals surface area contributed by atoms with Gasteiger partial charge in [-0.1, -0.05) is 48.5 Å². The molecule has 0 amide bonds. The molecule has 0 aliphatic carbocycles. The molecular formula is C20H13F3N4O. The number of hydrogen-bond donors (Lipinski definition) is 2. The Hall–Kier alpha value is -3.73. The molecule has 0 unspecified atom stereocenters. The van der Waals surface area contributed by atoms with Gasteiger partial charge in [-0.3, -0.25) is 5.10 Å². The number of nitrogens with two attached hydrogens (primary N) is 1. The molecule has 0 radical (unpaired) electrons. The fourth-order valence-corrected chi connectivity index (χ4v) is 3.39. The number of hydrogen-bond acceptors (Lipinski definition) is 4. The van der Waals surface area contributed by atoms with Gasteiger partial charge in [-0.25, -0.2) is 0 Å². The predicted molar refractivity (Wildman–Crippen MR) is 94.8 cm³/mol. The van der Waals surface area contributed by atoms with Crippen LogP contribution in [-0.4, -0.2) is 10.2 Å². The monoisotopic (exact) mass is 382 g/mol. The second kappa shape index (κ2) is 6.46. The zero-order valence-electron chi connectivity index (χ0n) is 14.3. The van der Waals surface area contributed by atoms with Gasteiger partial charge in [0.05, 0.1) is 22.7 Å². The normalized spacial score (nSPS) is 16.3. The molecule has 8 heteroatoms. The zero-order chi connectivity index (χ0) is 19.9. The van der Waals surface area contributed by atoms with Gasteiger partial charge in [0.15, 0.2) is 0 Å². The maximum Gasteiger partial charge on any atom is 0.416 e. The van der Waals surface area contributed by atoms with Gasteiger partial charge in [-0.2, -0.15) is 18.4 Å². The van der Waals surface area contributed by atoms with Crippen molar-refractivity contribution in [3.05, 3.63) is 82.7 Å². The zero-order valence-corrected chi connectivity index (χ0v) is 14.3. The van der Waals surface area contributed by atoms with E-state index in [1.807, 2.05) is 12.1 Å². The number of rotatable bonds is 2. The molecule has 4 rings (SSSR count). The van der Waals surface area contributed by atoms with Crippen LogP contribution in [0.4, 0.5) is 13.2 Å². The summed E-state index contributed by atoms with van der Waals surface area (Å²) in [5, 5.41) is 16.5. The van der Waals surface area contributed by atoms with Crippen LogP contribution in [0.3, 0.4) is 0 Å². The molecule has 2 aromatic carbocycles. The number of nitriles is 1. The highest BCUT2D eigenvalue weighted by Gasteiger charge is 2.41. The third-order valence-corrected chi connectivity index (χ3v) is 4.58. The molecule has 1 aromatic heterocycles. The number of nitrogens with zero attached hydrogens (tertiary/aromatic N) is 2. The molecule has 0 fully saturated rings. The lowest BCUT2D eigenvalue weighted by Crippen LogP contribution is -2.23. The van der Waals surface area contributed by atoms with Crippen molar-refractivity contribution in [1.29, 1.82) is 5.26 Å². The average Bonchev–Trinajstić information content (AvgIpc) is 3.10. The first-order valence-electron chi connectivity index (χ1n) is 8.29. The maximum atomic E-state index is 13.7. The molecule has 0 saturated carbocycles. The van der Waals surface area contributed by atoms with Gasteiger partial charge in [-0.15, -0.1) is 5.10 Å². The molecule has 3 N–H and O–H groups in total. The highest BCUT2D eigenvalue weighted by atomic mass is 19.4. The number of fused-ring (bicyclic) bond motifs is 1. The Kier molecular flexibility index (Phi) is 4.08. The lowest BCUT2D eigenvalue weighted by Gasteiger charge is -2.26. The summed E-state index contributed by atoms with van der Waals surface area (Å²) in [7, 11) is 0. The summed E-state index contributed by atoms with van der Waals surface area (Å²) < 4.78 is 46.4. The average molecular weight is 382 g/mol. The van der Waals surface area contributed by atoms with Gasteiger partial charge in [0, 0.05) is 0 Å². The first-order valence-corrected chi connectivity index (χ1v) is 8.29. The summed E-state index contributed by atoms with van der Waals surface area (Å²) in [4.78, 5) is 0. The van der Waals surface area contributed by atoms with Crippen LogP contribution in [0.5, 0.6) is 5.88 Å². The number of benzene rings is 2. The number of aromatic amines is 1. The van der Waals surface area contributed by atoms with E-state index < -0.39 is 17.7 Å². The molecule has 1 atom stereocenters. The molecule has 0 saturated heterocycles. The van der Waals surface area contributed by atoms with Crippen molar-refractivity contribution >= 4 is 0 Å². The molecule has 28 heavy (non-hydrogen) atoms. The van der Waals surface area contributed by atoms with Crippen molar-refractivity contribution in [2.24, 2.45) is 5.73 Å². The topological polar surface area (TPSA) is 87.7 Å². The number of aromatic nitrogens is 2. The van der Waals surface area contributed by atoms with E-state index in [0.717, 1.165) is 6.07 Å². The number of halogens is 3. The first-order chi connectivity index (χ1) is 13.4. The molecule has 140 valence electrons. The summed E-state index contributed by atoms with van der Waals surface area (Å²) in [5.41, 5.74) is 6.33. The van der Waals surface area contributed by atoms with Crippen LogP contribution in [0.1, 0.15) is 22.6 Å². The Morgan fingerprint density at radius 1 is 1.07 bits per heavy atom. The fourth-order valence-electron chi connectivity index (χ4n) is 3.39. The van der Waals surface area contributed by atoms with E-state index in [1.54, 1.807) is 24.3 Å². The number of nitrogens with one attached hydrogen (secondary N) is 1. The largest absolute Gasteiger partial charge is 0.420 e. The Labute approximate surface area is 157 Å². The summed E-state index contributed by atoms with van der Waals surface area (Å²) >= 11 is 0. The van der Waals surface area contributed by atoms with Crippen LogP contribution in [0, 0.1) is 11.3 Å². The number of allylic oxidation sites excluding steroid dienone is 1. The molecular weight excluding hydrogens is 369 g/mol. The third kappa shape index (κ3) is 2.77.